The van der Waals surface area contributed by atoms with Gasteiger partial charge in [0.1, 0.15) is 0 Å². The van der Waals surface area contributed by atoms with Crippen LogP contribution < -0.4 is 5.32 Å². The number of nitrogens with zero attached hydrogens (tertiary/aromatic N) is 1. The zero-order valence-electron chi connectivity index (χ0n) is 9.75. The van der Waals surface area contributed by atoms with Crippen LogP contribution in [0.3, 0.4) is 0 Å². The van der Waals surface area contributed by atoms with Crippen LogP contribution in [0.4, 0.5) is 0 Å². The maximum Gasteiger partial charge on any atom is 0.0702 e. The number of likely N-dealkylation sites (N-methyl/N-ethyl adjacent to an activating group) is 2. The van der Waals surface area contributed by atoms with Gasteiger partial charge < -0.3 is 10.1 Å². The van der Waals surface area contributed by atoms with E-state index in [4.69, 9.17) is 4.74 Å². The smallest absolute Gasteiger partial charge is 0.0702 e. The largest absolute Gasteiger partial charge is 0.377 e. The molecule has 0 aliphatic carbocycles. The summed E-state index contributed by atoms with van der Waals surface area (Å²) in [5.41, 5.74) is 0. The van der Waals surface area contributed by atoms with Crippen LogP contribution in [0, 0.1) is 0 Å². The number of hydrogen-bond donors (Lipinski definition) is 1. The van der Waals surface area contributed by atoms with Crippen LogP contribution >= 0.6 is 0 Å². The molecule has 3 heteroatoms. The molecular weight excluding hydrogens is 176 g/mol. The summed E-state index contributed by atoms with van der Waals surface area (Å²) in [6, 6.07) is 0.643. The molecule has 84 valence electrons. The van der Waals surface area contributed by atoms with Gasteiger partial charge in [-0.3, -0.25) is 4.90 Å². The molecule has 0 radical (unpaired) electrons. The summed E-state index contributed by atoms with van der Waals surface area (Å²) in [6.45, 7) is 5.36. The third-order valence-corrected chi connectivity index (χ3v) is 3.05. The minimum absolute atomic E-state index is 0.478. The van der Waals surface area contributed by atoms with Crippen molar-refractivity contribution in [1.29, 1.82) is 0 Å². The second-order valence-corrected chi connectivity index (χ2v) is 4.19. The summed E-state index contributed by atoms with van der Waals surface area (Å²) < 4.78 is 5.63. The van der Waals surface area contributed by atoms with Crippen LogP contribution in [-0.4, -0.2) is 50.8 Å². The van der Waals surface area contributed by atoms with Crippen molar-refractivity contribution in [3.63, 3.8) is 0 Å². The summed E-state index contributed by atoms with van der Waals surface area (Å²) in [6.07, 6.45) is 4.15. The molecule has 1 aliphatic heterocycles. The van der Waals surface area contributed by atoms with Gasteiger partial charge in [0, 0.05) is 25.7 Å². The van der Waals surface area contributed by atoms with E-state index in [0.29, 0.717) is 12.1 Å². The number of rotatable bonds is 6. The monoisotopic (exact) mass is 200 g/mol. The van der Waals surface area contributed by atoms with Gasteiger partial charge in [-0.05, 0) is 33.4 Å². The molecule has 3 nitrogen and oxygen atoms in total. The third kappa shape index (κ3) is 3.56. The first-order valence-electron chi connectivity index (χ1n) is 5.74. The van der Waals surface area contributed by atoms with E-state index in [1.165, 1.54) is 19.3 Å². The topological polar surface area (TPSA) is 24.5 Å². The number of nitrogens with one attached hydrogen (secondary N) is 1. The first-order valence-corrected chi connectivity index (χ1v) is 5.74. The highest BCUT2D eigenvalue weighted by Crippen LogP contribution is 2.14. The van der Waals surface area contributed by atoms with E-state index in [-0.39, 0.29) is 0 Å². The van der Waals surface area contributed by atoms with Crippen molar-refractivity contribution in [2.45, 2.75) is 38.3 Å². The van der Waals surface area contributed by atoms with Gasteiger partial charge in [-0.1, -0.05) is 6.92 Å². The van der Waals surface area contributed by atoms with E-state index >= 15 is 0 Å². The van der Waals surface area contributed by atoms with Gasteiger partial charge in [0.25, 0.3) is 0 Å². The SMILES string of the molecule is CCC(CNC)N(C)CC1CCCO1. The van der Waals surface area contributed by atoms with E-state index < -0.39 is 0 Å². The second kappa shape index (κ2) is 6.38. The molecule has 0 aromatic rings. The maximum absolute atomic E-state index is 5.63. The highest BCUT2D eigenvalue weighted by molar-refractivity contribution is 4.74. The van der Waals surface area contributed by atoms with Gasteiger partial charge in [-0.15, -0.1) is 0 Å². The fourth-order valence-electron chi connectivity index (χ4n) is 2.11. The molecule has 0 bridgehead atoms. The van der Waals surface area contributed by atoms with E-state index in [1.807, 2.05) is 7.05 Å². The lowest BCUT2D eigenvalue weighted by molar-refractivity contribution is 0.0674. The van der Waals surface area contributed by atoms with Crippen molar-refractivity contribution >= 4 is 0 Å². The average Bonchev–Trinajstić information content (AvgIpc) is 2.66. The van der Waals surface area contributed by atoms with Crippen molar-refractivity contribution in [2.75, 3.05) is 33.8 Å². The average molecular weight is 200 g/mol. The molecule has 1 heterocycles. The van der Waals surface area contributed by atoms with Crippen molar-refractivity contribution in [3.05, 3.63) is 0 Å². The maximum atomic E-state index is 5.63. The molecule has 2 unspecified atom stereocenters. The number of hydrogen-bond acceptors (Lipinski definition) is 3. The Morgan fingerprint density at radius 3 is 2.86 bits per heavy atom. The Morgan fingerprint density at radius 1 is 1.57 bits per heavy atom. The molecule has 1 rings (SSSR count). The number of ether oxygens (including phenoxy) is 1. The molecule has 1 N–H and O–H groups in total. The Labute approximate surface area is 87.8 Å². The Balaban J connectivity index is 2.26. The van der Waals surface area contributed by atoms with Crippen LogP contribution in [0.1, 0.15) is 26.2 Å². The normalized spacial score (nSPS) is 24.4. The molecule has 0 saturated carbocycles. The second-order valence-electron chi connectivity index (χ2n) is 4.19. The van der Waals surface area contributed by atoms with Crippen molar-refractivity contribution in [3.8, 4) is 0 Å². The summed E-state index contributed by atoms with van der Waals surface area (Å²) in [5.74, 6) is 0. The zero-order chi connectivity index (χ0) is 10.4. The van der Waals surface area contributed by atoms with E-state index in [1.54, 1.807) is 0 Å². The first kappa shape index (κ1) is 12.0. The molecular formula is C11H24N2O. The molecule has 0 aromatic heterocycles. The summed E-state index contributed by atoms with van der Waals surface area (Å²) >= 11 is 0. The molecule has 0 amide bonds. The Kier molecular flexibility index (Phi) is 5.45. The predicted octanol–water partition coefficient (Wildman–Crippen LogP) is 1.10. The van der Waals surface area contributed by atoms with Gasteiger partial charge in [0.2, 0.25) is 0 Å². The molecule has 0 aromatic carbocycles. The van der Waals surface area contributed by atoms with Crippen molar-refractivity contribution in [2.24, 2.45) is 0 Å². The van der Waals surface area contributed by atoms with Crippen LogP contribution in [0.25, 0.3) is 0 Å². The van der Waals surface area contributed by atoms with Crippen LogP contribution in [0.15, 0.2) is 0 Å². The minimum Gasteiger partial charge on any atom is -0.377 e. The lowest BCUT2D eigenvalue weighted by Crippen LogP contribution is -2.42. The molecule has 1 saturated heterocycles. The summed E-state index contributed by atoms with van der Waals surface area (Å²) in [7, 11) is 4.22. The minimum atomic E-state index is 0.478. The Hall–Kier alpha value is -0.120. The van der Waals surface area contributed by atoms with Gasteiger partial charge in [0.05, 0.1) is 6.10 Å². The molecule has 1 fully saturated rings. The lowest BCUT2D eigenvalue weighted by atomic mass is 10.1. The molecule has 1 aliphatic rings. The van der Waals surface area contributed by atoms with Crippen molar-refractivity contribution in [1.82, 2.24) is 10.2 Å². The van der Waals surface area contributed by atoms with Gasteiger partial charge in [0.15, 0.2) is 0 Å². The third-order valence-electron chi connectivity index (χ3n) is 3.05. The zero-order valence-corrected chi connectivity index (χ0v) is 9.75. The predicted molar refractivity (Wildman–Crippen MR) is 59.6 cm³/mol. The van der Waals surface area contributed by atoms with E-state index in [2.05, 4.69) is 24.2 Å². The van der Waals surface area contributed by atoms with E-state index in [0.717, 1.165) is 19.7 Å². The fourth-order valence-corrected chi connectivity index (χ4v) is 2.11. The van der Waals surface area contributed by atoms with Gasteiger partial charge in [-0.2, -0.15) is 0 Å². The van der Waals surface area contributed by atoms with Crippen LogP contribution in [0.5, 0.6) is 0 Å². The molecule has 2 atom stereocenters. The Bertz CT molecular complexity index is 146. The van der Waals surface area contributed by atoms with E-state index in [9.17, 15) is 0 Å². The van der Waals surface area contributed by atoms with Crippen LogP contribution in [0.2, 0.25) is 0 Å². The highest BCUT2D eigenvalue weighted by atomic mass is 16.5. The van der Waals surface area contributed by atoms with Gasteiger partial charge >= 0.3 is 0 Å². The summed E-state index contributed by atoms with van der Waals surface area (Å²) in [5, 5.41) is 3.24. The Morgan fingerprint density at radius 2 is 2.36 bits per heavy atom. The lowest BCUT2D eigenvalue weighted by Gasteiger charge is -2.28. The van der Waals surface area contributed by atoms with Crippen LogP contribution in [-0.2, 0) is 4.74 Å². The first-order chi connectivity index (χ1) is 6.77. The fraction of sp³-hybridized carbons (Fsp3) is 1.00. The highest BCUT2D eigenvalue weighted by Gasteiger charge is 2.20. The van der Waals surface area contributed by atoms with Gasteiger partial charge in [-0.25, -0.2) is 0 Å². The van der Waals surface area contributed by atoms with Crippen molar-refractivity contribution < 1.29 is 4.74 Å². The molecule has 0 spiro atoms. The quantitative estimate of drug-likeness (QED) is 0.695. The standard InChI is InChI=1S/C11H24N2O/c1-4-10(8-12-2)13(3)9-11-6-5-7-14-11/h10-12H,4-9H2,1-3H3. The summed E-state index contributed by atoms with van der Waals surface area (Å²) in [4.78, 5) is 2.42. The molecule has 14 heavy (non-hydrogen) atoms.